The van der Waals surface area contributed by atoms with E-state index in [-0.39, 0.29) is 18.4 Å². The number of hydrogen-bond acceptors (Lipinski definition) is 5. The van der Waals surface area contributed by atoms with Crippen LogP contribution in [0, 0.1) is 3.57 Å². The van der Waals surface area contributed by atoms with Crippen LogP contribution < -0.4 is 20.2 Å². The summed E-state index contributed by atoms with van der Waals surface area (Å²) in [6.45, 7) is -0.120. The molecular formula is C23H20IN3O4. The number of rotatable bonds is 8. The highest BCUT2D eigenvalue weighted by molar-refractivity contribution is 14.1. The zero-order chi connectivity index (χ0) is 22.1. The van der Waals surface area contributed by atoms with E-state index in [2.05, 4.69) is 38.4 Å². The molecule has 31 heavy (non-hydrogen) atoms. The van der Waals surface area contributed by atoms with Gasteiger partial charge in [-0.25, -0.2) is 5.43 Å². The van der Waals surface area contributed by atoms with Gasteiger partial charge >= 0.3 is 0 Å². The van der Waals surface area contributed by atoms with Crippen LogP contribution in [0.5, 0.6) is 11.5 Å². The fourth-order valence-electron chi connectivity index (χ4n) is 2.53. The molecule has 158 valence electrons. The van der Waals surface area contributed by atoms with E-state index in [0.717, 1.165) is 9.13 Å². The number of ether oxygens (including phenoxy) is 2. The quantitative estimate of drug-likeness (QED) is 0.262. The molecule has 3 rings (SSSR count). The molecule has 0 aliphatic heterocycles. The lowest BCUT2D eigenvalue weighted by Gasteiger charge is -2.08. The van der Waals surface area contributed by atoms with Crippen molar-refractivity contribution < 1.29 is 19.1 Å². The van der Waals surface area contributed by atoms with Gasteiger partial charge in [-0.2, -0.15) is 5.10 Å². The molecule has 0 aliphatic rings. The lowest BCUT2D eigenvalue weighted by atomic mass is 10.2. The summed E-state index contributed by atoms with van der Waals surface area (Å²) in [4.78, 5) is 24.1. The SMILES string of the molecule is COc1ccc(NC(=O)COc2ccc(/C=N\NC(=O)c3cccc(I)c3)cc2)cc1. The number of carbonyl (C=O) groups is 2. The van der Waals surface area contributed by atoms with Crippen LogP contribution >= 0.6 is 22.6 Å². The number of methoxy groups -OCH3 is 1. The summed E-state index contributed by atoms with van der Waals surface area (Å²) in [6.07, 6.45) is 1.53. The Kier molecular flexibility index (Phi) is 7.99. The third-order valence-corrected chi connectivity index (χ3v) is 4.76. The molecule has 3 aromatic rings. The molecule has 0 bridgehead atoms. The van der Waals surface area contributed by atoms with Crippen molar-refractivity contribution >= 4 is 46.3 Å². The largest absolute Gasteiger partial charge is 0.497 e. The molecule has 2 amide bonds. The van der Waals surface area contributed by atoms with Crippen molar-refractivity contribution in [2.24, 2.45) is 5.10 Å². The van der Waals surface area contributed by atoms with Gasteiger partial charge in [-0.3, -0.25) is 9.59 Å². The Morgan fingerprint density at radius 1 is 1.00 bits per heavy atom. The maximum absolute atomic E-state index is 12.1. The predicted octanol–water partition coefficient (Wildman–Crippen LogP) is 4.08. The molecule has 0 heterocycles. The maximum atomic E-state index is 12.1. The Balaban J connectivity index is 1.45. The van der Waals surface area contributed by atoms with Gasteiger partial charge in [0, 0.05) is 14.8 Å². The minimum atomic E-state index is -0.280. The number of amides is 2. The van der Waals surface area contributed by atoms with Gasteiger partial charge < -0.3 is 14.8 Å². The second-order valence-corrected chi connectivity index (χ2v) is 7.59. The summed E-state index contributed by atoms with van der Waals surface area (Å²) in [5.74, 6) is 0.712. The second-order valence-electron chi connectivity index (χ2n) is 6.34. The third kappa shape index (κ3) is 7.10. The van der Waals surface area contributed by atoms with Gasteiger partial charge in [0.15, 0.2) is 6.61 Å². The minimum absolute atomic E-state index is 0.120. The molecule has 2 N–H and O–H groups in total. The van der Waals surface area contributed by atoms with E-state index in [1.807, 2.05) is 12.1 Å². The van der Waals surface area contributed by atoms with Crippen LogP contribution in [0.25, 0.3) is 0 Å². The number of benzene rings is 3. The Bertz CT molecular complexity index is 1070. The molecule has 0 spiro atoms. The van der Waals surface area contributed by atoms with Crippen molar-refractivity contribution in [3.63, 3.8) is 0 Å². The van der Waals surface area contributed by atoms with Crippen molar-refractivity contribution in [1.82, 2.24) is 5.43 Å². The van der Waals surface area contributed by atoms with Crippen LogP contribution in [0.1, 0.15) is 15.9 Å². The number of halogens is 1. The van der Waals surface area contributed by atoms with Gasteiger partial charge in [0.1, 0.15) is 11.5 Å². The van der Waals surface area contributed by atoms with E-state index in [9.17, 15) is 9.59 Å². The lowest BCUT2D eigenvalue weighted by molar-refractivity contribution is -0.118. The molecule has 0 saturated carbocycles. The molecule has 0 aliphatic carbocycles. The van der Waals surface area contributed by atoms with E-state index in [4.69, 9.17) is 9.47 Å². The first-order chi connectivity index (χ1) is 15.0. The van der Waals surface area contributed by atoms with Crippen LogP contribution in [0.2, 0.25) is 0 Å². The molecule has 3 aromatic carbocycles. The normalized spacial score (nSPS) is 10.5. The van der Waals surface area contributed by atoms with Gasteiger partial charge in [0.25, 0.3) is 11.8 Å². The number of hydrazone groups is 1. The zero-order valence-electron chi connectivity index (χ0n) is 16.7. The second kappa shape index (κ2) is 11.1. The van der Waals surface area contributed by atoms with Crippen molar-refractivity contribution in [2.45, 2.75) is 0 Å². The lowest BCUT2D eigenvalue weighted by Crippen LogP contribution is -2.20. The number of hydrogen-bond donors (Lipinski definition) is 2. The van der Waals surface area contributed by atoms with Crippen LogP contribution in [-0.2, 0) is 4.79 Å². The van der Waals surface area contributed by atoms with E-state index in [1.54, 1.807) is 67.8 Å². The monoisotopic (exact) mass is 529 g/mol. The van der Waals surface area contributed by atoms with E-state index in [0.29, 0.717) is 22.7 Å². The maximum Gasteiger partial charge on any atom is 0.271 e. The number of carbonyl (C=O) groups excluding carboxylic acids is 2. The molecule has 0 radical (unpaired) electrons. The summed E-state index contributed by atoms with van der Waals surface area (Å²) < 4.78 is 11.6. The molecule has 8 heteroatoms. The molecule has 0 aromatic heterocycles. The smallest absolute Gasteiger partial charge is 0.271 e. The Hall–Kier alpha value is -3.40. The summed E-state index contributed by atoms with van der Waals surface area (Å²) in [6, 6.07) is 21.3. The van der Waals surface area contributed by atoms with Crippen molar-refractivity contribution in [3.8, 4) is 11.5 Å². The Morgan fingerprint density at radius 3 is 2.39 bits per heavy atom. The van der Waals surface area contributed by atoms with Crippen LogP contribution in [-0.4, -0.2) is 31.7 Å². The van der Waals surface area contributed by atoms with Crippen LogP contribution in [0.15, 0.2) is 77.9 Å². The Morgan fingerprint density at radius 2 is 1.71 bits per heavy atom. The highest BCUT2D eigenvalue weighted by atomic mass is 127. The molecular weight excluding hydrogens is 509 g/mol. The zero-order valence-corrected chi connectivity index (χ0v) is 18.8. The van der Waals surface area contributed by atoms with Crippen molar-refractivity contribution in [3.05, 3.63) is 87.5 Å². The summed E-state index contributed by atoms with van der Waals surface area (Å²) in [5.41, 5.74) is 4.47. The number of anilines is 1. The van der Waals surface area contributed by atoms with Crippen molar-refractivity contribution in [1.29, 1.82) is 0 Å². The summed E-state index contributed by atoms with van der Waals surface area (Å²) >= 11 is 2.15. The third-order valence-electron chi connectivity index (χ3n) is 4.09. The first kappa shape index (κ1) is 22.3. The molecule has 0 fully saturated rings. The van der Waals surface area contributed by atoms with Crippen molar-refractivity contribution in [2.75, 3.05) is 19.0 Å². The first-order valence-corrected chi connectivity index (χ1v) is 10.4. The number of nitrogens with zero attached hydrogens (tertiary/aromatic N) is 1. The molecule has 0 saturated heterocycles. The van der Waals surface area contributed by atoms with Gasteiger partial charge in [-0.1, -0.05) is 6.07 Å². The number of nitrogens with one attached hydrogen (secondary N) is 2. The molecule has 0 unspecified atom stereocenters. The first-order valence-electron chi connectivity index (χ1n) is 9.29. The molecule has 7 nitrogen and oxygen atoms in total. The van der Waals surface area contributed by atoms with Gasteiger partial charge in [0.05, 0.1) is 13.3 Å². The average Bonchev–Trinajstić information content (AvgIpc) is 2.79. The molecule has 0 atom stereocenters. The predicted molar refractivity (Wildman–Crippen MR) is 128 cm³/mol. The van der Waals surface area contributed by atoms with Gasteiger partial charge in [-0.15, -0.1) is 0 Å². The standard InChI is InChI=1S/C23H20IN3O4/c1-30-20-11-7-19(8-12-20)26-22(28)15-31-21-9-5-16(6-10-21)14-25-27-23(29)17-3-2-4-18(24)13-17/h2-14H,15H2,1H3,(H,26,28)(H,27,29)/b25-14-. The fraction of sp³-hybridized carbons (Fsp3) is 0.0870. The van der Waals surface area contributed by atoms with E-state index >= 15 is 0 Å². The summed E-state index contributed by atoms with van der Waals surface area (Å²) in [5, 5.41) is 6.72. The van der Waals surface area contributed by atoms with Gasteiger partial charge in [0.2, 0.25) is 0 Å². The van der Waals surface area contributed by atoms with Crippen LogP contribution in [0.4, 0.5) is 5.69 Å². The fourth-order valence-corrected chi connectivity index (χ4v) is 3.07. The van der Waals surface area contributed by atoms with E-state index < -0.39 is 0 Å². The highest BCUT2D eigenvalue weighted by Gasteiger charge is 2.05. The van der Waals surface area contributed by atoms with Gasteiger partial charge in [-0.05, 0) is 94.9 Å². The average molecular weight is 529 g/mol. The van der Waals surface area contributed by atoms with E-state index in [1.165, 1.54) is 6.21 Å². The minimum Gasteiger partial charge on any atom is -0.497 e. The Labute approximate surface area is 193 Å². The highest BCUT2D eigenvalue weighted by Crippen LogP contribution is 2.15. The summed E-state index contributed by atoms with van der Waals surface area (Å²) in [7, 11) is 1.58. The van der Waals surface area contributed by atoms with Crippen LogP contribution in [0.3, 0.4) is 0 Å². The topological polar surface area (TPSA) is 89.0 Å².